The summed E-state index contributed by atoms with van der Waals surface area (Å²) in [5, 5.41) is 0. The van der Waals surface area contributed by atoms with Crippen LogP contribution in [-0.4, -0.2) is 43.0 Å². The van der Waals surface area contributed by atoms with E-state index in [9.17, 15) is 22.4 Å². The number of amides is 1. The Morgan fingerprint density at radius 1 is 0.895 bits per heavy atom. The summed E-state index contributed by atoms with van der Waals surface area (Å²) >= 11 is 0. The zero-order chi connectivity index (χ0) is 26.7. The fraction of sp³-hybridized carbons (Fsp3) is 0.321. The van der Waals surface area contributed by atoms with E-state index in [0.29, 0.717) is 38.5 Å². The smallest absolute Gasteiger partial charge is 0.342 e. The van der Waals surface area contributed by atoms with Crippen LogP contribution >= 0.6 is 0 Å². The van der Waals surface area contributed by atoms with Gasteiger partial charge in [0.05, 0.1) is 18.5 Å². The van der Waals surface area contributed by atoms with Gasteiger partial charge in [0, 0.05) is 50.3 Å². The molecule has 0 N–H and O–H groups in total. The van der Waals surface area contributed by atoms with Crippen molar-refractivity contribution >= 4 is 5.91 Å². The van der Waals surface area contributed by atoms with Gasteiger partial charge in [-0.05, 0) is 36.1 Å². The topological polar surface area (TPSA) is 56.0 Å². The van der Waals surface area contributed by atoms with Crippen LogP contribution in [0.3, 0.4) is 0 Å². The Labute approximate surface area is 217 Å². The molecular weight excluding hydrogens is 498 g/mol. The summed E-state index contributed by atoms with van der Waals surface area (Å²) in [7, 11) is 0. The molecule has 1 fully saturated rings. The van der Waals surface area contributed by atoms with Crippen LogP contribution in [0.2, 0.25) is 0 Å². The Hall–Kier alpha value is -3.95. The standard InChI is InChI=1S/C28H27F4N5O/c29-24-16-21(6-7-23(24)28(30,31)32)17-26(38)35-12-8-22(9-13-35)27-34-11-15-37(27)19-25-33-10-14-36(25)18-20-4-2-1-3-5-20/h1-7,10-11,14-16,22H,8-9,12-13,17-19H2. The number of carbonyl (C=O) groups is 1. The second-order valence-electron chi connectivity index (χ2n) is 9.51. The lowest BCUT2D eigenvalue weighted by molar-refractivity contribution is -0.140. The number of alkyl halides is 3. The molecule has 5 rings (SSSR count). The van der Waals surface area contributed by atoms with Gasteiger partial charge in [-0.15, -0.1) is 0 Å². The van der Waals surface area contributed by atoms with Crippen LogP contribution in [0, 0.1) is 5.82 Å². The third kappa shape index (κ3) is 5.79. The van der Waals surface area contributed by atoms with Crippen LogP contribution in [0.25, 0.3) is 0 Å². The van der Waals surface area contributed by atoms with E-state index < -0.39 is 17.6 Å². The second kappa shape index (κ2) is 10.8. The lowest BCUT2D eigenvalue weighted by Crippen LogP contribution is -2.39. The average molecular weight is 526 g/mol. The van der Waals surface area contributed by atoms with Gasteiger partial charge in [0.2, 0.25) is 5.91 Å². The molecule has 198 valence electrons. The first-order chi connectivity index (χ1) is 18.3. The Kier molecular flexibility index (Phi) is 7.31. The molecule has 38 heavy (non-hydrogen) atoms. The van der Waals surface area contributed by atoms with Crippen molar-refractivity contribution < 1.29 is 22.4 Å². The molecule has 0 radical (unpaired) electrons. The van der Waals surface area contributed by atoms with Gasteiger partial charge in [-0.25, -0.2) is 14.4 Å². The van der Waals surface area contributed by atoms with Crippen LogP contribution < -0.4 is 0 Å². The highest BCUT2D eigenvalue weighted by atomic mass is 19.4. The lowest BCUT2D eigenvalue weighted by atomic mass is 9.95. The van der Waals surface area contributed by atoms with Crippen molar-refractivity contribution in [1.82, 2.24) is 24.0 Å². The van der Waals surface area contributed by atoms with Crippen LogP contribution in [-0.2, 0) is 30.5 Å². The van der Waals surface area contributed by atoms with Crippen LogP contribution in [0.4, 0.5) is 17.6 Å². The van der Waals surface area contributed by atoms with Gasteiger partial charge < -0.3 is 14.0 Å². The van der Waals surface area contributed by atoms with E-state index in [2.05, 4.69) is 31.2 Å². The number of benzene rings is 2. The molecule has 1 amide bonds. The molecule has 0 saturated carbocycles. The number of carbonyl (C=O) groups excluding carboxylic acids is 1. The molecule has 10 heteroatoms. The van der Waals surface area contributed by atoms with Crippen molar-refractivity contribution in [2.24, 2.45) is 0 Å². The Bertz CT molecular complexity index is 1390. The number of aromatic nitrogens is 4. The van der Waals surface area contributed by atoms with Gasteiger partial charge in [0.15, 0.2) is 0 Å². The highest BCUT2D eigenvalue weighted by Crippen LogP contribution is 2.32. The maximum Gasteiger partial charge on any atom is 0.419 e. The molecule has 2 aromatic heterocycles. The molecule has 1 saturated heterocycles. The minimum Gasteiger partial charge on any atom is -0.342 e. The molecule has 0 aliphatic carbocycles. The number of hydrogen-bond acceptors (Lipinski definition) is 3. The summed E-state index contributed by atoms with van der Waals surface area (Å²) in [5.41, 5.74) is 0.0883. The minimum atomic E-state index is -4.76. The molecule has 0 unspecified atom stereocenters. The molecule has 0 atom stereocenters. The monoisotopic (exact) mass is 525 g/mol. The Balaban J connectivity index is 1.19. The van der Waals surface area contributed by atoms with Crippen molar-refractivity contribution in [3.05, 3.63) is 107 Å². The molecular formula is C28H27F4N5O. The number of halogens is 4. The van der Waals surface area contributed by atoms with Crippen LogP contribution in [0.5, 0.6) is 0 Å². The summed E-state index contributed by atoms with van der Waals surface area (Å²) in [5.74, 6) is 0.433. The molecule has 0 spiro atoms. The molecule has 1 aliphatic heterocycles. The number of hydrogen-bond donors (Lipinski definition) is 0. The molecule has 0 bridgehead atoms. The summed E-state index contributed by atoms with van der Waals surface area (Å²) in [6.45, 7) is 2.31. The zero-order valence-corrected chi connectivity index (χ0v) is 20.6. The maximum atomic E-state index is 13.9. The number of imidazole rings is 2. The van der Waals surface area contributed by atoms with Gasteiger partial charge >= 0.3 is 6.18 Å². The predicted octanol–water partition coefficient (Wildman–Crippen LogP) is 5.28. The number of likely N-dealkylation sites (tertiary alicyclic amines) is 1. The van der Waals surface area contributed by atoms with E-state index in [1.807, 2.05) is 30.6 Å². The van der Waals surface area contributed by atoms with E-state index >= 15 is 0 Å². The molecule has 4 aromatic rings. The van der Waals surface area contributed by atoms with Gasteiger partial charge in [0.25, 0.3) is 0 Å². The zero-order valence-electron chi connectivity index (χ0n) is 20.6. The SMILES string of the molecule is O=C(Cc1ccc(C(F)(F)F)c(F)c1)N1CCC(c2nccn2Cc2nccn2Cc2ccccc2)CC1. The minimum absolute atomic E-state index is 0.140. The van der Waals surface area contributed by atoms with E-state index in [0.717, 1.165) is 30.3 Å². The third-order valence-corrected chi connectivity index (χ3v) is 6.96. The van der Waals surface area contributed by atoms with E-state index in [4.69, 9.17) is 0 Å². The largest absolute Gasteiger partial charge is 0.419 e. The van der Waals surface area contributed by atoms with Gasteiger partial charge in [-0.3, -0.25) is 4.79 Å². The first-order valence-electron chi connectivity index (χ1n) is 12.5. The lowest BCUT2D eigenvalue weighted by Gasteiger charge is -2.32. The second-order valence-corrected chi connectivity index (χ2v) is 9.51. The highest BCUT2D eigenvalue weighted by Gasteiger charge is 2.34. The Morgan fingerprint density at radius 2 is 1.61 bits per heavy atom. The summed E-state index contributed by atoms with van der Waals surface area (Å²) in [6.07, 6.45) is 3.99. The molecule has 3 heterocycles. The number of nitrogens with zero attached hydrogens (tertiary/aromatic N) is 5. The van der Waals surface area contributed by atoms with E-state index in [1.165, 1.54) is 5.56 Å². The maximum absolute atomic E-state index is 13.9. The number of rotatable bonds is 7. The summed E-state index contributed by atoms with van der Waals surface area (Å²) in [6, 6.07) is 12.8. The summed E-state index contributed by atoms with van der Waals surface area (Å²) < 4.78 is 56.5. The molecule has 2 aromatic carbocycles. The van der Waals surface area contributed by atoms with Crippen LogP contribution in [0.15, 0.2) is 73.3 Å². The van der Waals surface area contributed by atoms with Crippen LogP contribution in [0.1, 0.15) is 47.1 Å². The Morgan fingerprint density at radius 3 is 2.32 bits per heavy atom. The fourth-order valence-electron chi connectivity index (χ4n) is 4.95. The van der Waals surface area contributed by atoms with Crippen molar-refractivity contribution in [3.63, 3.8) is 0 Å². The fourth-order valence-corrected chi connectivity index (χ4v) is 4.95. The van der Waals surface area contributed by atoms with E-state index in [-0.39, 0.29) is 23.8 Å². The third-order valence-electron chi connectivity index (χ3n) is 6.96. The van der Waals surface area contributed by atoms with Crippen molar-refractivity contribution in [2.45, 2.75) is 44.4 Å². The predicted molar refractivity (Wildman–Crippen MR) is 133 cm³/mol. The molecule has 6 nitrogen and oxygen atoms in total. The highest BCUT2D eigenvalue weighted by molar-refractivity contribution is 5.79. The average Bonchev–Trinajstić information content (AvgIpc) is 3.54. The summed E-state index contributed by atoms with van der Waals surface area (Å²) in [4.78, 5) is 23.6. The van der Waals surface area contributed by atoms with E-state index in [1.54, 1.807) is 17.3 Å². The first kappa shape index (κ1) is 25.7. The molecule has 1 aliphatic rings. The van der Waals surface area contributed by atoms with Gasteiger partial charge in [-0.2, -0.15) is 13.2 Å². The van der Waals surface area contributed by atoms with Crippen molar-refractivity contribution in [2.75, 3.05) is 13.1 Å². The van der Waals surface area contributed by atoms with Crippen molar-refractivity contribution in [1.29, 1.82) is 0 Å². The first-order valence-corrected chi connectivity index (χ1v) is 12.5. The number of piperidine rings is 1. The quantitative estimate of drug-likeness (QED) is 0.309. The van der Waals surface area contributed by atoms with Gasteiger partial charge in [0.1, 0.15) is 17.5 Å². The van der Waals surface area contributed by atoms with Gasteiger partial charge in [-0.1, -0.05) is 36.4 Å². The van der Waals surface area contributed by atoms with Crippen molar-refractivity contribution in [3.8, 4) is 0 Å². The normalized spacial score (nSPS) is 14.7.